The largest absolute Gasteiger partial charge is 0.338 e. The Balaban J connectivity index is 1.60. The summed E-state index contributed by atoms with van der Waals surface area (Å²) in [5.74, 6) is 0.757. The van der Waals surface area contributed by atoms with Crippen LogP contribution in [-0.4, -0.2) is 46.2 Å². The van der Waals surface area contributed by atoms with Crippen LogP contribution in [0.4, 0.5) is 0 Å². The molecule has 2 aromatic rings. The number of rotatable bonds is 2. The van der Waals surface area contributed by atoms with E-state index in [9.17, 15) is 9.59 Å². The summed E-state index contributed by atoms with van der Waals surface area (Å²) in [6.45, 7) is 5.61. The van der Waals surface area contributed by atoms with Crippen molar-refractivity contribution in [3.05, 3.63) is 65.5 Å². The predicted octanol–water partition coefficient (Wildman–Crippen LogP) is 2.68. The molecule has 5 heteroatoms. The van der Waals surface area contributed by atoms with Gasteiger partial charge in [-0.05, 0) is 24.6 Å². The minimum absolute atomic E-state index is 0.0474. The molecule has 3 heterocycles. The number of hydrogen-bond acceptors (Lipinski definition) is 3. The summed E-state index contributed by atoms with van der Waals surface area (Å²) >= 11 is 0. The molecule has 3 atom stereocenters. The van der Waals surface area contributed by atoms with Gasteiger partial charge in [0.15, 0.2) is 0 Å². The number of carbonyl (C=O) groups excluding carboxylic acids is 2. The third-order valence-corrected chi connectivity index (χ3v) is 5.73. The molecule has 0 bridgehead atoms. The van der Waals surface area contributed by atoms with Crippen molar-refractivity contribution < 1.29 is 9.59 Å². The van der Waals surface area contributed by atoms with Gasteiger partial charge in [-0.2, -0.15) is 0 Å². The number of carbonyl (C=O) groups is 2. The number of hydrogen-bond donors (Lipinski definition) is 0. The molecule has 1 aromatic heterocycles. The topological polar surface area (TPSA) is 53.5 Å². The van der Waals surface area contributed by atoms with E-state index in [-0.39, 0.29) is 23.8 Å². The van der Waals surface area contributed by atoms with Crippen LogP contribution in [0, 0.1) is 18.8 Å². The lowest BCUT2D eigenvalue weighted by Crippen LogP contribution is -2.36. The van der Waals surface area contributed by atoms with Crippen molar-refractivity contribution in [2.24, 2.45) is 11.8 Å². The van der Waals surface area contributed by atoms with Crippen molar-refractivity contribution in [2.45, 2.75) is 19.9 Å². The van der Waals surface area contributed by atoms with Crippen molar-refractivity contribution in [1.29, 1.82) is 0 Å². The normalized spacial score (nSPS) is 24.6. The Bertz CT molecular complexity index is 836. The highest BCUT2D eigenvalue weighted by Gasteiger charge is 2.49. The average molecular weight is 349 g/mol. The molecule has 0 radical (unpaired) electrons. The quantitative estimate of drug-likeness (QED) is 0.838. The maximum atomic E-state index is 13.0. The fraction of sp³-hybridized carbons (Fsp3) is 0.381. The van der Waals surface area contributed by atoms with Crippen molar-refractivity contribution in [3.8, 4) is 0 Å². The molecule has 0 unspecified atom stereocenters. The highest BCUT2D eigenvalue weighted by Crippen LogP contribution is 2.45. The van der Waals surface area contributed by atoms with E-state index >= 15 is 0 Å². The molecule has 2 amide bonds. The Kier molecular flexibility index (Phi) is 4.23. The molecule has 2 aliphatic rings. The van der Waals surface area contributed by atoms with Crippen LogP contribution in [0.15, 0.2) is 48.7 Å². The Hall–Kier alpha value is -2.69. The summed E-state index contributed by atoms with van der Waals surface area (Å²) in [4.78, 5) is 33.3. The van der Waals surface area contributed by atoms with Gasteiger partial charge in [0.1, 0.15) is 0 Å². The summed E-state index contributed by atoms with van der Waals surface area (Å²) in [5.41, 5.74) is 2.59. The zero-order valence-corrected chi connectivity index (χ0v) is 15.1. The van der Waals surface area contributed by atoms with Gasteiger partial charge in [0, 0.05) is 50.3 Å². The Labute approximate surface area is 153 Å². The average Bonchev–Trinajstić information content (AvgIpc) is 3.20. The van der Waals surface area contributed by atoms with Crippen LogP contribution in [-0.2, 0) is 4.79 Å². The van der Waals surface area contributed by atoms with E-state index in [1.165, 1.54) is 0 Å². The fourth-order valence-electron chi connectivity index (χ4n) is 4.49. The summed E-state index contributed by atoms with van der Waals surface area (Å²) in [7, 11) is 0. The molecule has 2 aliphatic heterocycles. The van der Waals surface area contributed by atoms with E-state index in [1.807, 2.05) is 41.0 Å². The number of pyridine rings is 1. The molecule has 0 aliphatic carbocycles. The van der Waals surface area contributed by atoms with E-state index in [0.29, 0.717) is 24.6 Å². The van der Waals surface area contributed by atoms with Gasteiger partial charge in [-0.25, -0.2) is 0 Å². The molecule has 2 saturated heterocycles. The molecule has 0 saturated carbocycles. The van der Waals surface area contributed by atoms with Crippen LogP contribution in [0.3, 0.4) is 0 Å². The SMILES string of the molecule is CC(=O)N1C[C@H]2CN(C(=O)c3cccnc3C)C[C@H]2[C@@H]1c1ccccc1. The number of benzene rings is 1. The van der Waals surface area contributed by atoms with Crippen molar-refractivity contribution in [2.75, 3.05) is 19.6 Å². The van der Waals surface area contributed by atoms with Crippen LogP contribution in [0.25, 0.3) is 0 Å². The highest BCUT2D eigenvalue weighted by molar-refractivity contribution is 5.95. The first kappa shape index (κ1) is 16.8. The molecule has 1 aromatic carbocycles. The number of nitrogens with zero attached hydrogens (tertiary/aromatic N) is 3. The minimum Gasteiger partial charge on any atom is -0.338 e. The van der Waals surface area contributed by atoms with Crippen LogP contribution in [0.5, 0.6) is 0 Å². The second-order valence-electron chi connectivity index (χ2n) is 7.30. The van der Waals surface area contributed by atoms with Gasteiger partial charge in [0.05, 0.1) is 11.6 Å². The molecular formula is C21H23N3O2. The van der Waals surface area contributed by atoms with Crippen molar-refractivity contribution >= 4 is 11.8 Å². The summed E-state index contributed by atoms with van der Waals surface area (Å²) in [5, 5.41) is 0. The van der Waals surface area contributed by atoms with Gasteiger partial charge >= 0.3 is 0 Å². The van der Waals surface area contributed by atoms with Crippen molar-refractivity contribution in [1.82, 2.24) is 14.8 Å². The number of aryl methyl sites for hydroxylation is 1. The lowest BCUT2D eigenvalue weighted by molar-refractivity contribution is -0.130. The smallest absolute Gasteiger partial charge is 0.255 e. The van der Waals surface area contributed by atoms with Crippen LogP contribution >= 0.6 is 0 Å². The molecular weight excluding hydrogens is 326 g/mol. The molecule has 0 spiro atoms. The number of aromatic nitrogens is 1. The standard InChI is InChI=1S/C21H23N3O2/c1-14-18(9-6-10-22-14)21(26)23-11-17-12-24(15(2)25)20(19(17)13-23)16-7-4-3-5-8-16/h3-10,17,19-20H,11-13H2,1-2H3/t17-,19-,20+/m1/s1. The summed E-state index contributed by atoms with van der Waals surface area (Å²) < 4.78 is 0. The third-order valence-electron chi connectivity index (χ3n) is 5.73. The van der Waals surface area contributed by atoms with Gasteiger partial charge in [0.25, 0.3) is 5.91 Å². The van der Waals surface area contributed by atoms with Gasteiger partial charge < -0.3 is 9.80 Å². The first-order chi connectivity index (χ1) is 12.6. The second kappa shape index (κ2) is 6.56. The number of likely N-dealkylation sites (tertiary alicyclic amines) is 2. The highest BCUT2D eigenvalue weighted by atomic mass is 16.2. The van der Waals surface area contributed by atoms with Gasteiger partial charge in [-0.15, -0.1) is 0 Å². The molecule has 4 rings (SSSR count). The zero-order chi connectivity index (χ0) is 18.3. The summed E-state index contributed by atoms with van der Waals surface area (Å²) in [6.07, 6.45) is 1.71. The number of fused-ring (bicyclic) bond motifs is 1. The monoisotopic (exact) mass is 349 g/mol. The molecule has 2 fully saturated rings. The Morgan fingerprint density at radius 2 is 1.81 bits per heavy atom. The molecule has 0 N–H and O–H groups in total. The molecule has 5 nitrogen and oxygen atoms in total. The second-order valence-corrected chi connectivity index (χ2v) is 7.30. The van der Waals surface area contributed by atoms with Gasteiger partial charge in [-0.1, -0.05) is 30.3 Å². The Morgan fingerprint density at radius 3 is 2.50 bits per heavy atom. The van der Waals surface area contributed by atoms with Gasteiger partial charge in [-0.3, -0.25) is 14.6 Å². The lowest BCUT2D eigenvalue weighted by Gasteiger charge is -2.29. The van der Waals surface area contributed by atoms with Crippen LogP contribution in [0.2, 0.25) is 0 Å². The maximum Gasteiger partial charge on any atom is 0.255 e. The molecule has 134 valence electrons. The van der Waals surface area contributed by atoms with Crippen LogP contribution < -0.4 is 0 Å². The first-order valence-corrected chi connectivity index (χ1v) is 9.09. The maximum absolute atomic E-state index is 13.0. The minimum atomic E-state index is 0.0474. The number of amides is 2. The third kappa shape index (κ3) is 2.77. The van der Waals surface area contributed by atoms with Crippen molar-refractivity contribution in [3.63, 3.8) is 0 Å². The molecule has 26 heavy (non-hydrogen) atoms. The van der Waals surface area contributed by atoms with Crippen LogP contribution in [0.1, 0.15) is 34.6 Å². The zero-order valence-electron chi connectivity index (χ0n) is 15.1. The fourth-order valence-corrected chi connectivity index (χ4v) is 4.49. The van der Waals surface area contributed by atoms with Gasteiger partial charge in [0.2, 0.25) is 5.91 Å². The first-order valence-electron chi connectivity index (χ1n) is 9.09. The van der Waals surface area contributed by atoms with E-state index in [0.717, 1.165) is 17.8 Å². The van der Waals surface area contributed by atoms with E-state index < -0.39 is 0 Å². The predicted molar refractivity (Wildman–Crippen MR) is 98.4 cm³/mol. The van der Waals surface area contributed by atoms with E-state index in [1.54, 1.807) is 19.2 Å². The van der Waals surface area contributed by atoms with E-state index in [2.05, 4.69) is 17.1 Å². The lowest BCUT2D eigenvalue weighted by atomic mass is 9.89. The van der Waals surface area contributed by atoms with E-state index in [4.69, 9.17) is 0 Å². The Morgan fingerprint density at radius 1 is 1.04 bits per heavy atom. The summed E-state index contributed by atoms with van der Waals surface area (Å²) in [6, 6.07) is 13.9.